The Morgan fingerprint density at radius 1 is 1.06 bits per heavy atom. The molecule has 1 fully saturated rings. The maximum absolute atomic E-state index is 13.5. The molecule has 0 bridgehead atoms. The van der Waals surface area contributed by atoms with Crippen molar-refractivity contribution in [3.05, 3.63) is 53.1 Å². The normalized spacial score (nSPS) is 21.5. The van der Waals surface area contributed by atoms with Gasteiger partial charge in [-0.05, 0) is 74.5 Å². The van der Waals surface area contributed by atoms with Crippen LogP contribution in [0.5, 0.6) is 5.75 Å². The van der Waals surface area contributed by atoms with Crippen molar-refractivity contribution in [3.8, 4) is 5.75 Å². The van der Waals surface area contributed by atoms with E-state index in [1.165, 1.54) is 0 Å². The first-order valence-corrected chi connectivity index (χ1v) is 11.8. The summed E-state index contributed by atoms with van der Waals surface area (Å²) >= 11 is 0. The van der Waals surface area contributed by atoms with Crippen LogP contribution in [0.4, 0.5) is 18.9 Å². The maximum atomic E-state index is 13.5. The number of alkyl halides is 3. The first-order chi connectivity index (χ1) is 14.6. The Kier molecular flexibility index (Phi) is 5.68. The Morgan fingerprint density at radius 2 is 1.81 bits per heavy atom. The number of anilines is 1. The molecule has 4 rings (SSSR count). The van der Waals surface area contributed by atoms with E-state index in [-0.39, 0.29) is 16.3 Å². The van der Waals surface area contributed by atoms with Crippen molar-refractivity contribution in [3.63, 3.8) is 0 Å². The van der Waals surface area contributed by atoms with Gasteiger partial charge in [0, 0.05) is 19.0 Å². The van der Waals surface area contributed by atoms with Gasteiger partial charge < -0.3 is 10.1 Å². The molecule has 0 radical (unpaired) electrons. The molecule has 1 atom stereocenters. The van der Waals surface area contributed by atoms with E-state index in [2.05, 4.69) is 10.0 Å². The molecule has 1 saturated heterocycles. The predicted octanol–water partition coefficient (Wildman–Crippen LogP) is 4.52. The fraction of sp³-hybridized carbons (Fsp3) is 0.455. The van der Waals surface area contributed by atoms with Crippen molar-refractivity contribution in [2.45, 2.75) is 55.7 Å². The number of benzene rings is 2. The van der Waals surface area contributed by atoms with E-state index >= 15 is 0 Å². The monoisotopic (exact) mass is 454 g/mol. The van der Waals surface area contributed by atoms with Gasteiger partial charge in [-0.15, -0.1) is 0 Å². The van der Waals surface area contributed by atoms with Crippen LogP contribution in [0.15, 0.2) is 41.3 Å². The molecule has 2 N–H and O–H groups in total. The lowest BCUT2D eigenvalue weighted by molar-refractivity contribution is -0.139. The van der Waals surface area contributed by atoms with E-state index in [4.69, 9.17) is 4.74 Å². The molecular weight excluding hydrogens is 429 g/mol. The molecule has 1 aliphatic heterocycles. The molecule has 168 valence electrons. The summed E-state index contributed by atoms with van der Waals surface area (Å²) < 4.78 is 74.5. The van der Waals surface area contributed by atoms with Gasteiger partial charge in [-0.3, -0.25) is 4.72 Å². The summed E-state index contributed by atoms with van der Waals surface area (Å²) in [6.45, 7) is 2.79. The SMILES string of the molecule is C[C@@]1(Oc2cc(NS(=O)(=O)c3ccc4c(c3)CCCC4)ccc2C(F)(F)F)CCNC1. The highest BCUT2D eigenvalue weighted by molar-refractivity contribution is 7.92. The number of rotatable bonds is 5. The minimum absolute atomic E-state index is 0.0234. The van der Waals surface area contributed by atoms with Gasteiger partial charge in [-0.2, -0.15) is 13.2 Å². The Bertz CT molecular complexity index is 1080. The molecule has 31 heavy (non-hydrogen) atoms. The fourth-order valence-corrected chi connectivity index (χ4v) is 5.24. The second-order valence-electron chi connectivity index (χ2n) is 8.43. The molecule has 1 heterocycles. The highest BCUT2D eigenvalue weighted by Gasteiger charge is 2.38. The van der Waals surface area contributed by atoms with Gasteiger partial charge in [-0.1, -0.05) is 6.07 Å². The molecule has 0 spiro atoms. The summed E-state index contributed by atoms with van der Waals surface area (Å²) in [7, 11) is -3.95. The van der Waals surface area contributed by atoms with Gasteiger partial charge in [0.05, 0.1) is 16.1 Å². The number of fused-ring (bicyclic) bond motifs is 1. The molecule has 0 saturated carbocycles. The second-order valence-corrected chi connectivity index (χ2v) is 10.1. The lowest BCUT2D eigenvalue weighted by Crippen LogP contribution is -2.35. The molecule has 0 aromatic heterocycles. The molecule has 5 nitrogen and oxygen atoms in total. The number of hydrogen-bond donors (Lipinski definition) is 2. The van der Waals surface area contributed by atoms with E-state index in [0.29, 0.717) is 19.5 Å². The molecule has 2 aromatic carbocycles. The number of ether oxygens (including phenoxy) is 1. The lowest BCUT2D eigenvalue weighted by atomic mass is 9.92. The number of halogens is 3. The number of hydrogen-bond acceptors (Lipinski definition) is 4. The molecule has 1 aliphatic carbocycles. The fourth-order valence-electron chi connectivity index (χ4n) is 4.14. The standard InChI is InChI=1S/C22H25F3N2O3S/c1-21(10-11-26-14-21)30-20-13-17(7-9-19(20)22(23,24)25)27-31(28,29)18-8-6-15-4-2-3-5-16(15)12-18/h6-9,12-13,26-27H,2-5,10-11,14H2,1H3/t21-/m1/s1. The summed E-state index contributed by atoms with van der Waals surface area (Å²) in [6.07, 6.45) is -0.222. The summed E-state index contributed by atoms with van der Waals surface area (Å²) in [5, 5.41) is 3.07. The van der Waals surface area contributed by atoms with Gasteiger partial charge >= 0.3 is 6.18 Å². The summed E-state index contributed by atoms with van der Waals surface area (Å²) in [5.41, 5.74) is 0.449. The molecular formula is C22H25F3N2O3S. The van der Waals surface area contributed by atoms with Crippen molar-refractivity contribution in [1.29, 1.82) is 0 Å². The minimum Gasteiger partial charge on any atom is -0.485 e. The summed E-state index contributed by atoms with van der Waals surface area (Å²) in [5.74, 6) is -0.385. The van der Waals surface area contributed by atoms with Gasteiger partial charge in [0.1, 0.15) is 11.4 Å². The molecule has 0 unspecified atom stereocenters. The van der Waals surface area contributed by atoms with Crippen LogP contribution < -0.4 is 14.8 Å². The number of sulfonamides is 1. The Labute approximate surface area is 180 Å². The van der Waals surface area contributed by atoms with Crippen LogP contribution in [-0.4, -0.2) is 27.1 Å². The first-order valence-electron chi connectivity index (χ1n) is 10.3. The molecule has 2 aliphatic rings. The van der Waals surface area contributed by atoms with Gasteiger partial charge in [-0.25, -0.2) is 8.42 Å². The van der Waals surface area contributed by atoms with Crippen molar-refractivity contribution < 1.29 is 26.3 Å². The van der Waals surface area contributed by atoms with Gasteiger partial charge in [0.15, 0.2) is 0 Å². The minimum atomic E-state index is -4.62. The Hall–Kier alpha value is -2.26. The lowest BCUT2D eigenvalue weighted by Gasteiger charge is -2.27. The number of aryl methyl sites for hydroxylation is 2. The maximum Gasteiger partial charge on any atom is 0.419 e. The Balaban J connectivity index is 1.64. The van der Waals surface area contributed by atoms with Crippen LogP contribution >= 0.6 is 0 Å². The highest BCUT2D eigenvalue weighted by Crippen LogP contribution is 2.40. The average Bonchev–Trinajstić information content (AvgIpc) is 3.12. The first kappa shape index (κ1) is 22.0. The zero-order chi connectivity index (χ0) is 22.3. The second kappa shape index (κ2) is 8.02. The molecule has 2 aromatic rings. The van der Waals surface area contributed by atoms with E-state index in [9.17, 15) is 21.6 Å². The highest BCUT2D eigenvalue weighted by atomic mass is 32.2. The van der Waals surface area contributed by atoms with Gasteiger partial charge in [0.25, 0.3) is 10.0 Å². The van der Waals surface area contributed by atoms with Crippen LogP contribution in [0.3, 0.4) is 0 Å². The van der Waals surface area contributed by atoms with Crippen LogP contribution in [-0.2, 0) is 29.0 Å². The van der Waals surface area contributed by atoms with Crippen molar-refractivity contribution in [2.24, 2.45) is 0 Å². The topological polar surface area (TPSA) is 67.4 Å². The van der Waals surface area contributed by atoms with Crippen LogP contribution in [0.2, 0.25) is 0 Å². The van der Waals surface area contributed by atoms with E-state index in [1.807, 2.05) is 6.07 Å². The van der Waals surface area contributed by atoms with Crippen molar-refractivity contribution >= 4 is 15.7 Å². The third-order valence-corrected chi connectivity index (χ3v) is 7.23. The van der Waals surface area contributed by atoms with E-state index < -0.39 is 27.4 Å². The number of nitrogens with one attached hydrogen (secondary N) is 2. The van der Waals surface area contributed by atoms with Crippen LogP contribution in [0.25, 0.3) is 0 Å². The van der Waals surface area contributed by atoms with E-state index in [0.717, 1.165) is 55.0 Å². The third kappa shape index (κ3) is 4.82. The largest absolute Gasteiger partial charge is 0.485 e. The van der Waals surface area contributed by atoms with E-state index in [1.54, 1.807) is 19.1 Å². The van der Waals surface area contributed by atoms with Crippen LogP contribution in [0.1, 0.15) is 42.9 Å². The zero-order valence-electron chi connectivity index (χ0n) is 17.2. The average molecular weight is 455 g/mol. The zero-order valence-corrected chi connectivity index (χ0v) is 18.0. The smallest absolute Gasteiger partial charge is 0.419 e. The predicted molar refractivity (Wildman–Crippen MR) is 112 cm³/mol. The van der Waals surface area contributed by atoms with Crippen LogP contribution in [0, 0.1) is 0 Å². The van der Waals surface area contributed by atoms with Gasteiger partial charge in [0.2, 0.25) is 0 Å². The summed E-state index contributed by atoms with van der Waals surface area (Å²) in [4.78, 5) is 0.0995. The molecule has 0 amide bonds. The summed E-state index contributed by atoms with van der Waals surface area (Å²) in [6, 6.07) is 8.09. The third-order valence-electron chi connectivity index (χ3n) is 5.86. The van der Waals surface area contributed by atoms with Crippen molar-refractivity contribution in [1.82, 2.24) is 5.32 Å². The quantitative estimate of drug-likeness (QED) is 0.697. The van der Waals surface area contributed by atoms with Crippen molar-refractivity contribution in [2.75, 3.05) is 17.8 Å². The molecule has 9 heteroatoms. The Morgan fingerprint density at radius 3 is 2.48 bits per heavy atom.